The molecule has 2 aromatic rings. The number of benzene rings is 2. The second-order valence-corrected chi connectivity index (χ2v) is 7.36. The van der Waals surface area contributed by atoms with Crippen LogP contribution in [0.3, 0.4) is 0 Å². The summed E-state index contributed by atoms with van der Waals surface area (Å²) >= 11 is 6.02. The fourth-order valence-electron chi connectivity index (χ4n) is 3.19. The van der Waals surface area contributed by atoms with Crippen molar-refractivity contribution in [1.29, 1.82) is 0 Å². The predicted molar refractivity (Wildman–Crippen MR) is 133 cm³/mol. The minimum atomic E-state index is -0.334. The zero-order valence-electron chi connectivity index (χ0n) is 17.0. The van der Waals surface area contributed by atoms with Crippen LogP contribution < -0.4 is 16.0 Å². The van der Waals surface area contributed by atoms with Crippen LogP contribution in [-0.4, -0.2) is 38.2 Å². The van der Waals surface area contributed by atoms with Crippen molar-refractivity contribution in [2.45, 2.75) is 31.9 Å². The van der Waals surface area contributed by atoms with E-state index in [0.29, 0.717) is 13.2 Å². The summed E-state index contributed by atoms with van der Waals surface area (Å²) in [4.78, 5) is 16.5. The Balaban J connectivity index is 0.00000320. The number of carbonyl (C=O) groups excluding carboxylic acids is 1. The topological polar surface area (TPSA) is 74.8 Å². The molecule has 0 aromatic heterocycles. The van der Waals surface area contributed by atoms with E-state index in [1.807, 2.05) is 42.5 Å². The highest BCUT2D eigenvalue weighted by Crippen LogP contribution is 2.16. The van der Waals surface area contributed by atoms with Gasteiger partial charge in [-0.1, -0.05) is 35.9 Å². The van der Waals surface area contributed by atoms with Crippen molar-refractivity contribution in [3.63, 3.8) is 0 Å². The highest BCUT2D eigenvalue weighted by atomic mass is 127. The highest BCUT2D eigenvalue weighted by molar-refractivity contribution is 14.0. The summed E-state index contributed by atoms with van der Waals surface area (Å²) in [5.41, 5.74) is 3.00. The van der Waals surface area contributed by atoms with E-state index < -0.39 is 0 Å². The number of halogens is 2. The van der Waals surface area contributed by atoms with E-state index in [0.717, 1.165) is 48.0 Å². The summed E-state index contributed by atoms with van der Waals surface area (Å²) in [5.74, 6) is 0.645. The molecule has 3 rings (SSSR count). The lowest BCUT2D eigenvalue weighted by Gasteiger charge is -2.14. The van der Waals surface area contributed by atoms with Gasteiger partial charge in [-0.05, 0) is 54.7 Å². The molecule has 1 saturated heterocycles. The largest absolute Gasteiger partial charge is 0.368 e. The van der Waals surface area contributed by atoms with Crippen LogP contribution in [-0.2, 0) is 22.5 Å². The van der Waals surface area contributed by atoms with Crippen LogP contribution >= 0.6 is 35.6 Å². The van der Waals surface area contributed by atoms with E-state index in [1.165, 1.54) is 5.56 Å². The zero-order valence-corrected chi connectivity index (χ0v) is 20.1. The first-order chi connectivity index (χ1) is 14.1. The summed E-state index contributed by atoms with van der Waals surface area (Å²) in [5, 5.41) is 10.3. The summed E-state index contributed by atoms with van der Waals surface area (Å²) in [6.45, 7) is 2.00. The maximum Gasteiger partial charge on any atom is 0.253 e. The lowest BCUT2D eigenvalue weighted by Crippen LogP contribution is -2.37. The molecule has 162 valence electrons. The smallest absolute Gasteiger partial charge is 0.253 e. The molecular formula is C22H28ClIN4O2. The van der Waals surface area contributed by atoms with Crippen LogP contribution in [0.5, 0.6) is 0 Å². The fraction of sp³-hybridized carbons (Fsp3) is 0.364. The molecule has 0 radical (unpaired) electrons. The Morgan fingerprint density at radius 2 is 1.97 bits per heavy atom. The Bertz CT molecular complexity index is 857. The quantitative estimate of drug-likeness (QED) is 0.281. The third-order valence-corrected chi connectivity index (χ3v) is 4.93. The summed E-state index contributed by atoms with van der Waals surface area (Å²) in [7, 11) is 1.74. The maximum atomic E-state index is 12.2. The van der Waals surface area contributed by atoms with E-state index in [2.05, 4.69) is 27.0 Å². The number of nitrogens with one attached hydrogen (secondary N) is 3. The second kappa shape index (κ2) is 12.8. The first-order valence-corrected chi connectivity index (χ1v) is 10.2. The van der Waals surface area contributed by atoms with Crippen LogP contribution in [0, 0.1) is 0 Å². The Morgan fingerprint density at radius 3 is 2.70 bits per heavy atom. The molecule has 1 amide bonds. The van der Waals surface area contributed by atoms with Crippen molar-refractivity contribution in [1.82, 2.24) is 10.6 Å². The van der Waals surface area contributed by atoms with Gasteiger partial charge in [0.1, 0.15) is 6.10 Å². The van der Waals surface area contributed by atoms with Crippen molar-refractivity contribution in [3.8, 4) is 0 Å². The van der Waals surface area contributed by atoms with Gasteiger partial charge in [0.05, 0.1) is 0 Å². The van der Waals surface area contributed by atoms with Gasteiger partial charge in [0.2, 0.25) is 0 Å². The molecule has 0 saturated carbocycles. The van der Waals surface area contributed by atoms with Gasteiger partial charge < -0.3 is 20.7 Å². The number of guanidine groups is 1. The lowest BCUT2D eigenvalue weighted by atomic mass is 10.1. The molecule has 1 heterocycles. The van der Waals surface area contributed by atoms with Crippen LogP contribution in [0.25, 0.3) is 0 Å². The van der Waals surface area contributed by atoms with Crippen molar-refractivity contribution in [3.05, 3.63) is 64.7 Å². The van der Waals surface area contributed by atoms with E-state index in [9.17, 15) is 4.79 Å². The number of rotatable bonds is 7. The molecule has 30 heavy (non-hydrogen) atoms. The molecule has 0 bridgehead atoms. The molecular weight excluding hydrogens is 515 g/mol. The van der Waals surface area contributed by atoms with Gasteiger partial charge in [0, 0.05) is 37.5 Å². The maximum absolute atomic E-state index is 12.2. The summed E-state index contributed by atoms with van der Waals surface area (Å²) in [6.07, 6.45) is 2.24. The number of carbonyl (C=O) groups is 1. The van der Waals surface area contributed by atoms with Crippen molar-refractivity contribution in [2.75, 3.05) is 25.5 Å². The second-order valence-electron chi connectivity index (χ2n) is 6.92. The van der Waals surface area contributed by atoms with Crippen LogP contribution in [0.1, 0.15) is 24.0 Å². The van der Waals surface area contributed by atoms with Gasteiger partial charge >= 0.3 is 0 Å². The molecule has 1 aliphatic rings. The van der Waals surface area contributed by atoms with Crippen molar-refractivity contribution >= 4 is 53.1 Å². The normalized spacial score (nSPS) is 15.9. The molecule has 8 heteroatoms. The monoisotopic (exact) mass is 542 g/mol. The van der Waals surface area contributed by atoms with Crippen molar-refractivity contribution in [2.24, 2.45) is 4.99 Å². The van der Waals surface area contributed by atoms with Gasteiger partial charge in [-0.15, -0.1) is 24.0 Å². The van der Waals surface area contributed by atoms with E-state index in [1.54, 1.807) is 7.05 Å². The first-order valence-electron chi connectivity index (χ1n) is 9.84. The van der Waals surface area contributed by atoms with Crippen molar-refractivity contribution < 1.29 is 9.53 Å². The average molecular weight is 543 g/mol. The average Bonchev–Trinajstić information content (AvgIpc) is 3.26. The molecule has 1 fully saturated rings. The number of hydrogen-bond donors (Lipinski definition) is 3. The van der Waals surface area contributed by atoms with Gasteiger partial charge in [-0.25, -0.2) is 0 Å². The number of ether oxygens (including phenoxy) is 1. The predicted octanol–water partition coefficient (Wildman–Crippen LogP) is 3.98. The molecule has 1 atom stereocenters. The number of hydrogen-bond acceptors (Lipinski definition) is 3. The molecule has 0 aliphatic carbocycles. The van der Waals surface area contributed by atoms with E-state index in [-0.39, 0.29) is 36.0 Å². The Kier molecular flexibility index (Phi) is 10.4. The SMILES string of the molecule is CN=C(NCCc1cccc(Cl)c1)NCc1cccc(NC(=O)C2CCCO2)c1.I. The fourth-order valence-corrected chi connectivity index (χ4v) is 3.40. The number of nitrogens with zero attached hydrogens (tertiary/aromatic N) is 1. The van der Waals surface area contributed by atoms with Gasteiger partial charge in [0.25, 0.3) is 5.91 Å². The third kappa shape index (κ3) is 7.77. The van der Waals surface area contributed by atoms with Gasteiger partial charge in [-0.2, -0.15) is 0 Å². The summed E-state index contributed by atoms with van der Waals surface area (Å²) in [6, 6.07) is 15.6. The first kappa shape index (κ1) is 24.4. The minimum absolute atomic E-state index is 0. The van der Waals surface area contributed by atoms with E-state index >= 15 is 0 Å². The third-order valence-electron chi connectivity index (χ3n) is 4.70. The Hall–Kier alpha value is -1.84. The lowest BCUT2D eigenvalue weighted by molar-refractivity contribution is -0.124. The number of amides is 1. The van der Waals surface area contributed by atoms with E-state index in [4.69, 9.17) is 16.3 Å². The molecule has 0 spiro atoms. The minimum Gasteiger partial charge on any atom is -0.368 e. The molecule has 1 aliphatic heterocycles. The molecule has 1 unspecified atom stereocenters. The standard InChI is InChI=1S/C22H27ClN4O2.HI/c1-24-22(25-11-10-16-5-2-7-18(23)13-16)26-15-17-6-3-8-19(14-17)27-21(28)20-9-4-12-29-20;/h2-3,5-8,13-14,20H,4,9-12,15H2,1H3,(H,27,28)(H2,24,25,26);1H. The number of anilines is 1. The van der Waals surface area contributed by atoms with Crippen LogP contribution in [0.4, 0.5) is 5.69 Å². The molecule has 6 nitrogen and oxygen atoms in total. The summed E-state index contributed by atoms with van der Waals surface area (Å²) < 4.78 is 5.43. The Labute approximate surface area is 199 Å². The van der Waals surface area contributed by atoms with Crippen LogP contribution in [0.15, 0.2) is 53.5 Å². The molecule has 2 aromatic carbocycles. The molecule has 3 N–H and O–H groups in total. The Morgan fingerprint density at radius 1 is 1.17 bits per heavy atom. The van der Waals surface area contributed by atoms with Gasteiger partial charge in [0.15, 0.2) is 5.96 Å². The van der Waals surface area contributed by atoms with Crippen LogP contribution in [0.2, 0.25) is 5.02 Å². The zero-order chi connectivity index (χ0) is 20.5. The highest BCUT2D eigenvalue weighted by Gasteiger charge is 2.23. The number of aliphatic imine (C=N–C) groups is 1. The van der Waals surface area contributed by atoms with Gasteiger partial charge in [-0.3, -0.25) is 9.79 Å².